The molecular weight excluding hydrogens is 196 g/mol. The molecule has 1 aromatic rings. The van der Waals surface area contributed by atoms with Gasteiger partial charge in [-0.25, -0.2) is 0 Å². The highest BCUT2D eigenvalue weighted by Crippen LogP contribution is 2.25. The van der Waals surface area contributed by atoms with Crippen LogP contribution in [-0.2, 0) is 0 Å². The van der Waals surface area contributed by atoms with Crippen molar-refractivity contribution in [3.8, 4) is 12.3 Å². The molecule has 0 atom stereocenters. The van der Waals surface area contributed by atoms with Crippen LogP contribution in [0.4, 0.5) is 0 Å². The van der Waals surface area contributed by atoms with Crippen molar-refractivity contribution in [1.82, 2.24) is 0 Å². The van der Waals surface area contributed by atoms with E-state index in [1.807, 2.05) is 25.1 Å². The average molecular weight is 207 g/mol. The quantitative estimate of drug-likeness (QED) is 0.738. The third-order valence-electron chi connectivity index (χ3n) is 2.06. The third-order valence-corrected chi connectivity index (χ3v) is 2.39. The van der Waals surface area contributed by atoms with Gasteiger partial charge in [-0.2, -0.15) is 0 Å². The van der Waals surface area contributed by atoms with E-state index in [1.54, 1.807) is 6.07 Å². The van der Waals surface area contributed by atoms with Gasteiger partial charge in [-0.3, -0.25) is 0 Å². The van der Waals surface area contributed by atoms with E-state index in [0.29, 0.717) is 10.6 Å². The Bertz CT molecular complexity index is 399. The largest absolute Gasteiger partial charge is 0.391 e. The van der Waals surface area contributed by atoms with Gasteiger partial charge in [0, 0.05) is 10.6 Å². The van der Waals surface area contributed by atoms with Crippen LogP contribution in [0, 0.1) is 12.3 Å². The van der Waals surface area contributed by atoms with Crippen LogP contribution >= 0.6 is 11.6 Å². The second-order valence-corrected chi connectivity index (χ2v) is 3.29. The molecule has 0 unspecified atom stereocenters. The van der Waals surface area contributed by atoms with E-state index in [2.05, 4.69) is 5.92 Å². The number of halogens is 1. The molecule has 0 spiro atoms. The van der Waals surface area contributed by atoms with Crippen LogP contribution in [0.2, 0.25) is 5.02 Å². The smallest absolute Gasteiger partial charge is 0.0763 e. The van der Waals surface area contributed by atoms with Crippen molar-refractivity contribution < 1.29 is 5.11 Å². The van der Waals surface area contributed by atoms with Gasteiger partial charge < -0.3 is 5.11 Å². The van der Waals surface area contributed by atoms with E-state index >= 15 is 0 Å². The van der Waals surface area contributed by atoms with Crippen molar-refractivity contribution in [2.45, 2.75) is 6.92 Å². The van der Waals surface area contributed by atoms with Crippen LogP contribution in [0.1, 0.15) is 12.5 Å². The maximum Gasteiger partial charge on any atom is 0.0763 e. The number of hydrogen-bond acceptors (Lipinski definition) is 1. The molecule has 0 aliphatic heterocycles. The number of rotatable bonds is 2. The highest BCUT2D eigenvalue weighted by molar-refractivity contribution is 6.32. The van der Waals surface area contributed by atoms with Gasteiger partial charge in [0.25, 0.3) is 0 Å². The van der Waals surface area contributed by atoms with Gasteiger partial charge in [-0.15, -0.1) is 6.42 Å². The van der Waals surface area contributed by atoms with Crippen molar-refractivity contribution in [3.63, 3.8) is 0 Å². The summed E-state index contributed by atoms with van der Waals surface area (Å²) in [5.74, 6) is 2.45. The number of aliphatic hydroxyl groups excluding tert-OH is 1. The molecule has 0 saturated heterocycles. The molecule has 1 N–H and O–H groups in total. The van der Waals surface area contributed by atoms with Crippen molar-refractivity contribution in [3.05, 3.63) is 40.4 Å². The molecule has 0 fully saturated rings. The van der Waals surface area contributed by atoms with Gasteiger partial charge >= 0.3 is 0 Å². The molecule has 2 heteroatoms. The number of terminal acetylenes is 1. The lowest BCUT2D eigenvalue weighted by Gasteiger charge is -2.06. The molecule has 1 aromatic carbocycles. The lowest BCUT2D eigenvalue weighted by Crippen LogP contribution is -1.92. The fourth-order valence-electron chi connectivity index (χ4n) is 1.20. The summed E-state index contributed by atoms with van der Waals surface area (Å²) < 4.78 is 0. The van der Waals surface area contributed by atoms with Gasteiger partial charge in [-0.05, 0) is 24.1 Å². The molecule has 0 radical (unpaired) electrons. The summed E-state index contributed by atoms with van der Waals surface area (Å²) in [5.41, 5.74) is 2.29. The summed E-state index contributed by atoms with van der Waals surface area (Å²) >= 11 is 5.99. The van der Waals surface area contributed by atoms with E-state index < -0.39 is 0 Å². The lowest BCUT2D eigenvalue weighted by atomic mass is 10.0. The van der Waals surface area contributed by atoms with Crippen LogP contribution < -0.4 is 0 Å². The molecule has 72 valence electrons. The predicted molar refractivity (Wildman–Crippen MR) is 60.0 cm³/mol. The molecule has 0 amide bonds. The van der Waals surface area contributed by atoms with E-state index in [-0.39, 0.29) is 6.61 Å². The zero-order valence-electron chi connectivity index (χ0n) is 7.92. The molecule has 14 heavy (non-hydrogen) atoms. The number of allylic oxidation sites excluding steroid dienone is 1. The molecule has 0 bridgehead atoms. The second kappa shape index (κ2) is 4.85. The molecule has 1 rings (SSSR count). The Morgan fingerprint density at radius 2 is 2.14 bits per heavy atom. The summed E-state index contributed by atoms with van der Waals surface area (Å²) in [6.07, 6.45) is 5.26. The van der Waals surface area contributed by atoms with Gasteiger partial charge in [0.2, 0.25) is 0 Å². The minimum atomic E-state index is -0.131. The zero-order chi connectivity index (χ0) is 10.6. The highest BCUT2D eigenvalue weighted by Gasteiger charge is 2.04. The summed E-state index contributed by atoms with van der Waals surface area (Å²) in [4.78, 5) is 0. The van der Waals surface area contributed by atoms with Crippen molar-refractivity contribution >= 4 is 17.2 Å². The molecule has 0 aromatic heterocycles. The molecule has 0 aliphatic carbocycles. The first-order chi connectivity index (χ1) is 6.70. The zero-order valence-corrected chi connectivity index (χ0v) is 8.67. The highest BCUT2D eigenvalue weighted by atomic mass is 35.5. The molecule has 1 nitrogen and oxygen atoms in total. The summed E-state index contributed by atoms with van der Waals surface area (Å²) in [5, 5.41) is 9.65. The van der Waals surface area contributed by atoms with Crippen LogP contribution in [0.25, 0.3) is 5.57 Å². The van der Waals surface area contributed by atoms with E-state index in [1.165, 1.54) is 0 Å². The van der Waals surface area contributed by atoms with Crippen molar-refractivity contribution in [2.75, 3.05) is 6.61 Å². The Kier molecular flexibility index (Phi) is 3.76. The standard InChI is InChI=1S/C12H11ClO/c1-3-10(8-14)9(2)11-6-4-5-7-12(11)13/h1,4-7,14H,8H2,2H3. The van der Waals surface area contributed by atoms with Crippen LogP contribution in [0.15, 0.2) is 29.8 Å². The molecular formula is C12H11ClO. The Labute approximate surface area is 89.0 Å². The van der Waals surface area contributed by atoms with Gasteiger partial charge in [0.05, 0.1) is 6.61 Å². The van der Waals surface area contributed by atoms with Crippen molar-refractivity contribution in [1.29, 1.82) is 0 Å². The van der Waals surface area contributed by atoms with Crippen LogP contribution in [0.5, 0.6) is 0 Å². The van der Waals surface area contributed by atoms with Crippen molar-refractivity contribution in [2.24, 2.45) is 0 Å². The monoisotopic (exact) mass is 206 g/mol. The SMILES string of the molecule is C#CC(CO)=C(C)c1ccccc1Cl. The molecule has 0 saturated carbocycles. The van der Waals surface area contributed by atoms with E-state index in [0.717, 1.165) is 11.1 Å². The summed E-state index contributed by atoms with van der Waals surface area (Å²) in [7, 11) is 0. The first-order valence-electron chi connectivity index (χ1n) is 4.22. The maximum atomic E-state index is 9.01. The summed E-state index contributed by atoms with van der Waals surface area (Å²) in [6, 6.07) is 7.42. The Morgan fingerprint density at radius 3 is 2.64 bits per heavy atom. The fourth-order valence-corrected chi connectivity index (χ4v) is 1.48. The normalized spacial score (nSPS) is 11.9. The first kappa shape index (κ1) is 10.8. The Hall–Kier alpha value is -1.23. The van der Waals surface area contributed by atoms with Gasteiger partial charge in [0.1, 0.15) is 0 Å². The third kappa shape index (κ3) is 2.17. The second-order valence-electron chi connectivity index (χ2n) is 2.89. The Balaban J connectivity index is 3.25. The topological polar surface area (TPSA) is 20.2 Å². The van der Waals surface area contributed by atoms with Gasteiger partial charge in [0.15, 0.2) is 0 Å². The summed E-state index contributed by atoms with van der Waals surface area (Å²) in [6.45, 7) is 1.72. The van der Waals surface area contributed by atoms with Crippen LogP contribution in [-0.4, -0.2) is 11.7 Å². The minimum Gasteiger partial charge on any atom is -0.391 e. The fraction of sp³-hybridized carbons (Fsp3) is 0.167. The number of aliphatic hydroxyl groups is 1. The van der Waals surface area contributed by atoms with E-state index in [4.69, 9.17) is 23.1 Å². The predicted octanol–water partition coefficient (Wildman–Crippen LogP) is 2.74. The number of benzene rings is 1. The lowest BCUT2D eigenvalue weighted by molar-refractivity contribution is 0.336. The average Bonchev–Trinajstić information content (AvgIpc) is 2.20. The van der Waals surface area contributed by atoms with Crippen LogP contribution in [0.3, 0.4) is 0 Å². The Morgan fingerprint density at radius 1 is 1.50 bits per heavy atom. The molecule has 0 heterocycles. The minimum absolute atomic E-state index is 0.131. The van der Waals surface area contributed by atoms with Gasteiger partial charge in [-0.1, -0.05) is 35.7 Å². The number of hydrogen-bond donors (Lipinski definition) is 1. The van der Waals surface area contributed by atoms with E-state index in [9.17, 15) is 0 Å². The first-order valence-corrected chi connectivity index (χ1v) is 4.60. The molecule has 0 aliphatic rings. The maximum absolute atomic E-state index is 9.01.